The van der Waals surface area contributed by atoms with E-state index in [4.69, 9.17) is 11.6 Å². The highest BCUT2D eigenvalue weighted by atomic mass is 35.5. The zero-order valence-electron chi connectivity index (χ0n) is 17.5. The van der Waals surface area contributed by atoms with Gasteiger partial charge in [-0.05, 0) is 60.6 Å². The van der Waals surface area contributed by atoms with Crippen LogP contribution in [0.25, 0.3) is 0 Å². The molecule has 0 amide bonds. The molecule has 0 atom stereocenters. The molecule has 2 aromatic rings. The highest BCUT2D eigenvalue weighted by Crippen LogP contribution is 2.34. The SMILES string of the molecule is CCCCC[C@H]1CC[C@H](CCc2ccc(C#Cc3ccc(Cl)c(F)c3)cc2)CC1. The minimum atomic E-state index is -0.427. The second-order valence-corrected chi connectivity index (χ2v) is 8.90. The van der Waals surface area contributed by atoms with Gasteiger partial charge in [0.1, 0.15) is 5.82 Å². The minimum Gasteiger partial charge on any atom is -0.205 e. The lowest BCUT2D eigenvalue weighted by molar-refractivity contribution is 0.249. The minimum absolute atomic E-state index is 0.130. The van der Waals surface area contributed by atoms with Gasteiger partial charge in [-0.2, -0.15) is 0 Å². The van der Waals surface area contributed by atoms with E-state index in [0.717, 1.165) is 23.8 Å². The molecule has 0 bridgehead atoms. The summed E-state index contributed by atoms with van der Waals surface area (Å²) in [7, 11) is 0. The van der Waals surface area contributed by atoms with Gasteiger partial charge in [0, 0.05) is 11.1 Å². The van der Waals surface area contributed by atoms with E-state index in [-0.39, 0.29) is 5.02 Å². The maximum absolute atomic E-state index is 13.5. The van der Waals surface area contributed by atoms with Crippen LogP contribution in [-0.2, 0) is 6.42 Å². The first-order valence-corrected chi connectivity index (χ1v) is 11.6. The van der Waals surface area contributed by atoms with Crippen LogP contribution in [0.1, 0.15) is 81.4 Å². The van der Waals surface area contributed by atoms with Gasteiger partial charge in [-0.1, -0.05) is 93.9 Å². The van der Waals surface area contributed by atoms with Crippen molar-refractivity contribution < 1.29 is 4.39 Å². The molecule has 0 saturated heterocycles. The van der Waals surface area contributed by atoms with Gasteiger partial charge < -0.3 is 0 Å². The van der Waals surface area contributed by atoms with Crippen molar-refractivity contribution in [1.82, 2.24) is 0 Å². The third-order valence-electron chi connectivity index (χ3n) is 6.25. The molecule has 0 aromatic heterocycles. The first-order chi connectivity index (χ1) is 14.1. The summed E-state index contributed by atoms with van der Waals surface area (Å²) in [5.41, 5.74) is 2.98. The highest BCUT2D eigenvalue weighted by molar-refractivity contribution is 6.30. The van der Waals surface area contributed by atoms with Gasteiger partial charge in [0.25, 0.3) is 0 Å². The lowest BCUT2D eigenvalue weighted by Crippen LogP contribution is -2.15. The summed E-state index contributed by atoms with van der Waals surface area (Å²) in [5.74, 6) is 7.58. The van der Waals surface area contributed by atoms with Crippen LogP contribution in [0.5, 0.6) is 0 Å². The zero-order valence-corrected chi connectivity index (χ0v) is 18.3. The monoisotopic (exact) mass is 410 g/mol. The van der Waals surface area contributed by atoms with Crippen molar-refractivity contribution in [2.24, 2.45) is 11.8 Å². The Hall–Kier alpha value is -1.78. The van der Waals surface area contributed by atoms with Gasteiger partial charge in [-0.15, -0.1) is 0 Å². The molecule has 1 saturated carbocycles. The summed E-state index contributed by atoms with van der Waals surface area (Å²) in [4.78, 5) is 0. The number of benzene rings is 2. The molecule has 1 fully saturated rings. The van der Waals surface area contributed by atoms with E-state index in [0.29, 0.717) is 5.56 Å². The van der Waals surface area contributed by atoms with E-state index in [1.807, 2.05) is 0 Å². The van der Waals surface area contributed by atoms with Crippen LogP contribution in [-0.4, -0.2) is 0 Å². The molecule has 2 aromatic carbocycles. The smallest absolute Gasteiger partial charge is 0.143 e. The standard InChI is InChI=1S/C27H32ClF/c1-2-3-4-5-21-6-8-22(9-7-21)10-11-23-12-14-24(15-13-23)16-17-25-18-19-26(28)27(29)20-25/h12-15,18-22H,2-11H2,1H3/t21-,22-. The van der Waals surface area contributed by atoms with Gasteiger partial charge in [0.05, 0.1) is 5.02 Å². The average molecular weight is 411 g/mol. The van der Waals surface area contributed by atoms with Crippen LogP contribution in [0.3, 0.4) is 0 Å². The maximum atomic E-state index is 13.5. The van der Waals surface area contributed by atoms with Gasteiger partial charge in [0.15, 0.2) is 0 Å². The molecular weight excluding hydrogens is 379 g/mol. The highest BCUT2D eigenvalue weighted by Gasteiger charge is 2.20. The fourth-order valence-corrected chi connectivity index (χ4v) is 4.45. The van der Waals surface area contributed by atoms with Crippen LogP contribution in [0.4, 0.5) is 4.39 Å². The van der Waals surface area contributed by atoms with E-state index in [9.17, 15) is 4.39 Å². The van der Waals surface area contributed by atoms with Crippen molar-refractivity contribution in [2.75, 3.05) is 0 Å². The summed E-state index contributed by atoms with van der Waals surface area (Å²) >= 11 is 5.71. The average Bonchev–Trinajstić information content (AvgIpc) is 2.75. The predicted molar refractivity (Wildman–Crippen MR) is 122 cm³/mol. The van der Waals surface area contributed by atoms with Crippen LogP contribution in [0.15, 0.2) is 42.5 Å². The molecule has 0 heterocycles. The molecule has 0 spiro atoms. The van der Waals surface area contributed by atoms with Gasteiger partial charge in [-0.25, -0.2) is 4.39 Å². The molecule has 154 valence electrons. The quantitative estimate of drug-likeness (QED) is 0.318. The summed E-state index contributed by atoms with van der Waals surface area (Å²) in [6, 6.07) is 13.2. The van der Waals surface area contributed by atoms with Gasteiger partial charge in [0.2, 0.25) is 0 Å². The number of unbranched alkanes of at least 4 members (excludes halogenated alkanes) is 2. The van der Waals surface area contributed by atoms with Crippen molar-refractivity contribution in [3.63, 3.8) is 0 Å². The Labute approximate surface area is 180 Å². The van der Waals surface area contributed by atoms with E-state index in [1.165, 1.54) is 69.4 Å². The second kappa shape index (κ2) is 11.4. The first-order valence-electron chi connectivity index (χ1n) is 11.2. The van der Waals surface area contributed by atoms with Gasteiger partial charge in [-0.3, -0.25) is 0 Å². The third-order valence-corrected chi connectivity index (χ3v) is 6.55. The molecule has 0 nitrogen and oxygen atoms in total. The molecule has 3 rings (SSSR count). The summed E-state index contributed by atoms with van der Waals surface area (Å²) in [5, 5.41) is 0.130. The molecule has 1 aliphatic rings. The molecular formula is C27H32ClF. The third kappa shape index (κ3) is 7.20. The van der Waals surface area contributed by atoms with Crippen LogP contribution in [0, 0.1) is 29.5 Å². The molecule has 29 heavy (non-hydrogen) atoms. The molecule has 0 unspecified atom stereocenters. The van der Waals surface area contributed by atoms with Crippen molar-refractivity contribution in [3.05, 3.63) is 70.0 Å². The van der Waals surface area contributed by atoms with E-state index >= 15 is 0 Å². The van der Waals surface area contributed by atoms with Crippen molar-refractivity contribution in [1.29, 1.82) is 0 Å². The van der Waals surface area contributed by atoms with Crippen LogP contribution in [0.2, 0.25) is 5.02 Å². The Morgan fingerprint density at radius 1 is 0.862 bits per heavy atom. The summed E-state index contributed by atoms with van der Waals surface area (Å²) in [6.45, 7) is 2.29. The number of halogens is 2. The normalized spacial score (nSPS) is 18.9. The predicted octanol–water partition coefficient (Wildman–Crippen LogP) is 8.20. The second-order valence-electron chi connectivity index (χ2n) is 8.50. The Morgan fingerprint density at radius 2 is 1.48 bits per heavy atom. The molecule has 0 radical (unpaired) electrons. The Kier molecular flexibility index (Phi) is 8.63. The van der Waals surface area contributed by atoms with Crippen LogP contribution >= 0.6 is 11.6 Å². The Morgan fingerprint density at radius 3 is 2.14 bits per heavy atom. The lowest BCUT2D eigenvalue weighted by Gasteiger charge is -2.28. The summed E-state index contributed by atoms with van der Waals surface area (Å²) in [6.07, 6.45) is 13.8. The van der Waals surface area contributed by atoms with Gasteiger partial charge >= 0.3 is 0 Å². The molecule has 0 aliphatic heterocycles. The largest absolute Gasteiger partial charge is 0.205 e. The lowest BCUT2D eigenvalue weighted by atomic mass is 9.78. The number of aryl methyl sites for hydroxylation is 1. The first kappa shape index (κ1) is 21.9. The number of rotatable bonds is 7. The number of hydrogen-bond acceptors (Lipinski definition) is 0. The Bertz CT molecular complexity index is 820. The van der Waals surface area contributed by atoms with E-state index in [1.54, 1.807) is 12.1 Å². The van der Waals surface area contributed by atoms with E-state index in [2.05, 4.69) is 43.0 Å². The molecule has 2 heteroatoms. The topological polar surface area (TPSA) is 0 Å². The van der Waals surface area contributed by atoms with Crippen molar-refractivity contribution in [2.45, 2.75) is 71.1 Å². The van der Waals surface area contributed by atoms with Crippen molar-refractivity contribution in [3.8, 4) is 11.8 Å². The van der Waals surface area contributed by atoms with Crippen LogP contribution < -0.4 is 0 Å². The summed E-state index contributed by atoms with van der Waals surface area (Å²) < 4.78 is 13.5. The van der Waals surface area contributed by atoms with E-state index < -0.39 is 5.82 Å². The van der Waals surface area contributed by atoms with Crippen molar-refractivity contribution >= 4 is 11.6 Å². The fourth-order valence-electron chi connectivity index (χ4n) is 4.34. The molecule has 1 aliphatic carbocycles. The zero-order chi connectivity index (χ0) is 20.5. The Balaban J connectivity index is 1.43. The number of hydrogen-bond donors (Lipinski definition) is 0. The maximum Gasteiger partial charge on any atom is 0.143 e. The molecule has 0 N–H and O–H groups in total. The fraction of sp³-hybridized carbons (Fsp3) is 0.481.